The Labute approximate surface area is 334 Å². The molecule has 0 radical (unpaired) electrons. The molecule has 0 unspecified atom stereocenters. The number of hydrogen-bond acceptors (Lipinski definition) is 10. The number of para-hydroxylation sites is 1. The summed E-state index contributed by atoms with van der Waals surface area (Å²) in [6.07, 6.45) is 1.65. The molecular weight excluding hydrogens is 745 g/mol. The number of rotatable bonds is 12. The summed E-state index contributed by atoms with van der Waals surface area (Å²) in [6, 6.07) is 14.9. The molecule has 2 aliphatic rings. The lowest BCUT2D eigenvalue weighted by atomic mass is 9.85. The molecule has 3 aromatic heterocycles. The Balaban J connectivity index is 0.893. The van der Waals surface area contributed by atoms with E-state index in [4.69, 9.17) is 0 Å². The molecule has 5 heterocycles. The number of phenols is 1. The standard InChI is InChI=1S/C42H48N8O6S/c1-24-37(57-23-45-24)26-14-12-25(13-15-26)18-44-40(55)33-16-28(51)22-50(33)41(56)38(42(2,3)4)46-35(53)10-7-11-36(54)49-20-27(21-49)31-19-43-39-30(31)17-32(47-48-39)29-8-5-6-9-34(29)52/h5-6,8-9,12-15,17,19,23,27-28,33,38,51-52H,7,10-11,16,18,20-22H2,1-4H3,(H,43,48)(H,44,55)(H,46,53)/t28-,33+,38-/m1/s1. The number of hydrogen-bond donors (Lipinski definition) is 5. The van der Waals surface area contributed by atoms with Crippen LogP contribution in [-0.2, 0) is 25.7 Å². The number of aryl methyl sites for hydroxylation is 1. The summed E-state index contributed by atoms with van der Waals surface area (Å²) in [4.78, 5) is 65.4. The number of phenolic OH excluding ortho intramolecular Hbond substituents is 1. The summed E-state index contributed by atoms with van der Waals surface area (Å²) in [5.74, 6) is -1.00. The van der Waals surface area contributed by atoms with E-state index in [1.165, 1.54) is 4.90 Å². The van der Waals surface area contributed by atoms with Crippen LogP contribution in [0.2, 0.25) is 0 Å². The van der Waals surface area contributed by atoms with Gasteiger partial charge in [0, 0.05) is 68.5 Å². The lowest BCUT2D eigenvalue weighted by Crippen LogP contribution is -2.57. The second kappa shape index (κ2) is 16.4. The zero-order valence-electron chi connectivity index (χ0n) is 32.5. The van der Waals surface area contributed by atoms with Gasteiger partial charge in [0.25, 0.3) is 0 Å². The van der Waals surface area contributed by atoms with E-state index in [1.54, 1.807) is 34.4 Å². The van der Waals surface area contributed by atoms with Gasteiger partial charge in [-0.3, -0.25) is 19.2 Å². The maximum Gasteiger partial charge on any atom is 0.246 e. The molecule has 2 saturated heterocycles. The third-order valence-electron chi connectivity index (χ3n) is 10.8. The molecule has 0 saturated carbocycles. The van der Waals surface area contributed by atoms with E-state index in [1.807, 2.05) is 75.8 Å². The second-order valence-electron chi connectivity index (χ2n) is 16.0. The zero-order valence-corrected chi connectivity index (χ0v) is 33.3. The smallest absolute Gasteiger partial charge is 0.246 e. The second-order valence-corrected chi connectivity index (χ2v) is 16.9. The number of nitrogens with zero attached hydrogens (tertiary/aromatic N) is 5. The van der Waals surface area contributed by atoms with Crippen LogP contribution in [0.25, 0.3) is 32.7 Å². The summed E-state index contributed by atoms with van der Waals surface area (Å²) >= 11 is 1.57. The number of aliphatic hydroxyl groups is 1. The topological polar surface area (TPSA) is 194 Å². The maximum absolute atomic E-state index is 14.0. The summed E-state index contributed by atoms with van der Waals surface area (Å²) in [7, 11) is 0. The van der Waals surface area contributed by atoms with Crippen molar-refractivity contribution in [2.45, 2.75) is 84.0 Å². The molecule has 298 valence electrons. The van der Waals surface area contributed by atoms with Crippen LogP contribution in [0.1, 0.15) is 69.2 Å². The largest absolute Gasteiger partial charge is 0.507 e. The van der Waals surface area contributed by atoms with Gasteiger partial charge in [0.2, 0.25) is 23.6 Å². The fraction of sp³-hybridized carbons (Fsp3) is 0.405. The average Bonchev–Trinajstić information content (AvgIpc) is 3.90. The van der Waals surface area contributed by atoms with Crippen LogP contribution in [0.15, 0.2) is 66.3 Å². The fourth-order valence-electron chi connectivity index (χ4n) is 7.55. The van der Waals surface area contributed by atoms with Gasteiger partial charge in [-0.2, -0.15) is 0 Å². The third kappa shape index (κ3) is 8.69. The van der Waals surface area contributed by atoms with Crippen molar-refractivity contribution >= 4 is 46.0 Å². The molecule has 4 amide bonds. The maximum atomic E-state index is 14.0. The number of carbonyl (C=O) groups excluding carboxylic acids is 4. The molecule has 57 heavy (non-hydrogen) atoms. The molecule has 0 bridgehead atoms. The molecule has 14 nitrogen and oxygen atoms in total. The van der Waals surface area contributed by atoms with Crippen molar-refractivity contribution < 1.29 is 29.4 Å². The first-order chi connectivity index (χ1) is 27.3. The fourth-order valence-corrected chi connectivity index (χ4v) is 8.36. The van der Waals surface area contributed by atoms with Crippen LogP contribution in [0, 0.1) is 12.3 Å². The van der Waals surface area contributed by atoms with Crippen molar-refractivity contribution in [3.8, 4) is 27.4 Å². The van der Waals surface area contributed by atoms with E-state index in [-0.39, 0.29) is 61.7 Å². The summed E-state index contributed by atoms with van der Waals surface area (Å²) in [6.45, 7) is 8.78. The van der Waals surface area contributed by atoms with Crippen molar-refractivity contribution in [1.29, 1.82) is 0 Å². The molecule has 15 heteroatoms. The number of aromatic nitrogens is 4. The molecule has 3 atom stereocenters. The normalized spacial score (nSPS) is 17.7. The van der Waals surface area contributed by atoms with Crippen molar-refractivity contribution in [2.24, 2.45) is 5.41 Å². The molecular formula is C42H48N8O6S. The lowest BCUT2D eigenvalue weighted by molar-refractivity contribution is -0.144. The highest BCUT2D eigenvalue weighted by Gasteiger charge is 2.44. The lowest BCUT2D eigenvalue weighted by Gasteiger charge is -2.39. The Morgan fingerprint density at radius 3 is 2.47 bits per heavy atom. The molecule has 0 spiro atoms. The summed E-state index contributed by atoms with van der Waals surface area (Å²) < 4.78 is 0. The first kappa shape index (κ1) is 39.6. The minimum Gasteiger partial charge on any atom is -0.507 e. The minimum absolute atomic E-state index is 0.0165. The molecule has 2 aliphatic heterocycles. The van der Waals surface area contributed by atoms with Gasteiger partial charge in [-0.15, -0.1) is 21.5 Å². The number of aromatic amines is 1. The van der Waals surface area contributed by atoms with Gasteiger partial charge in [0.1, 0.15) is 17.8 Å². The average molecular weight is 793 g/mol. The Morgan fingerprint density at radius 2 is 1.77 bits per heavy atom. The zero-order chi connectivity index (χ0) is 40.4. The molecule has 2 fully saturated rings. The predicted molar refractivity (Wildman–Crippen MR) is 216 cm³/mol. The number of carbonyl (C=O) groups is 4. The van der Waals surface area contributed by atoms with Gasteiger partial charge in [0.05, 0.1) is 27.9 Å². The third-order valence-corrected chi connectivity index (χ3v) is 11.8. The molecule has 0 aliphatic carbocycles. The monoisotopic (exact) mass is 792 g/mol. The van der Waals surface area contributed by atoms with Gasteiger partial charge >= 0.3 is 0 Å². The van der Waals surface area contributed by atoms with Gasteiger partial charge in [0.15, 0.2) is 5.65 Å². The Bertz CT molecular complexity index is 2280. The van der Waals surface area contributed by atoms with Crippen molar-refractivity contribution in [3.05, 3.63) is 83.1 Å². The van der Waals surface area contributed by atoms with Crippen LogP contribution >= 0.6 is 11.3 Å². The summed E-state index contributed by atoms with van der Waals surface area (Å²) in [5, 5.41) is 36.1. The van der Waals surface area contributed by atoms with Crippen molar-refractivity contribution in [3.63, 3.8) is 0 Å². The van der Waals surface area contributed by atoms with Gasteiger partial charge in [-0.25, -0.2) is 4.98 Å². The van der Waals surface area contributed by atoms with Crippen LogP contribution < -0.4 is 10.6 Å². The minimum atomic E-state index is -0.951. The number of fused-ring (bicyclic) bond motifs is 1. The number of aliphatic hydroxyl groups excluding tert-OH is 1. The van der Waals surface area contributed by atoms with E-state index in [9.17, 15) is 29.4 Å². The number of likely N-dealkylation sites (tertiary alicyclic amines) is 2. The Kier molecular flexibility index (Phi) is 11.4. The number of thiazole rings is 1. The van der Waals surface area contributed by atoms with Crippen LogP contribution in [0.5, 0.6) is 5.75 Å². The number of H-pyrrole nitrogens is 1. The Hall–Kier alpha value is -5.67. The van der Waals surface area contributed by atoms with Crippen LogP contribution in [0.4, 0.5) is 0 Å². The highest BCUT2D eigenvalue weighted by molar-refractivity contribution is 7.13. The van der Waals surface area contributed by atoms with Gasteiger partial charge < -0.3 is 35.6 Å². The first-order valence-electron chi connectivity index (χ1n) is 19.2. The quantitative estimate of drug-likeness (QED) is 0.119. The van der Waals surface area contributed by atoms with E-state index in [0.717, 1.165) is 32.6 Å². The number of amides is 4. The molecule has 2 aromatic carbocycles. The van der Waals surface area contributed by atoms with Crippen LogP contribution in [-0.4, -0.2) is 102 Å². The summed E-state index contributed by atoms with van der Waals surface area (Å²) in [5.41, 5.74) is 6.82. The number of nitrogens with one attached hydrogen (secondary N) is 3. The van der Waals surface area contributed by atoms with Crippen molar-refractivity contribution in [1.82, 2.24) is 40.6 Å². The van der Waals surface area contributed by atoms with E-state index >= 15 is 0 Å². The predicted octanol–water partition coefficient (Wildman–Crippen LogP) is 4.67. The highest BCUT2D eigenvalue weighted by atomic mass is 32.1. The number of aromatic hydroxyl groups is 1. The van der Waals surface area contributed by atoms with Gasteiger partial charge in [-0.1, -0.05) is 57.2 Å². The van der Waals surface area contributed by atoms with Crippen LogP contribution in [0.3, 0.4) is 0 Å². The van der Waals surface area contributed by atoms with E-state index in [0.29, 0.717) is 36.4 Å². The number of benzene rings is 2. The van der Waals surface area contributed by atoms with E-state index in [2.05, 4.69) is 30.8 Å². The highest BCUT2D eigenvalue weighted by Crippen LogP contribution is 2.35. The Morgan fingerprint density at radius 1 is 1.02 bits per heavy atom. The molecule has 5 N–H and O–H groups in total. The SMILES string of the molecule is Cc1ncsc1-c1ccc(CNC(=O)[C@@H]2C[C@@H](O)CN2C(=O)[C@@H](NC(=O)CCCC(=O)N2CC(c3c[nH]c4nnc(-c5ccccc5O)cc34)C2)C(C)(C)C)cc1. The molecule has 5 aromatic rings. The molecule has 7 rings (SSSR count). The van der Waals surface area contributed by atoms with Gasteiger partial charge in [-0.05, 0) is 53.6 Å². The van der Waals surface area contributed by atoms with E-state index < -0.39 is 29.5 Å². The first-order valence-corrected chi connectivity index (χ1v) is 20.1. The number of β-amino-alcohol motifs (C(OH)–C–C–N with tert-alkyl or cyclic N) is 1. The van der Waals surface area contributed by atoms with Crippen molar-refractivity contribution in [2.75, 3.05) is 19.6 Å².